The Morgan fingerprint density at radius 3 is 2.85 bits per heavy atom. The summed E-state index contributed by atoms with van der Waals surface area (Å²) in [5.74, 6) is 0. The molecule has 0 saturated heterocycles. The summed E-state index contributed by atoms with van der Waals surface area (Å²) in [7, 11) is 0. The lowest BCUT2D eigenvalue weighted by molar-refractivity contribution is -0.385. The largest absolute Gasteiger partial charge is 0.385 e. The molecule has 1 aromatic heterocycles. The van der Waals surface area contributed by atoms with E-state index in [1.807, 2.05) is 19.2 Å². The van der Waals surface area contributed by atoms with E-state index in [9.17, 15) is 10.1 Å². The van der Waals surface area contributed by atoms with Gasteiger partial charge in [-0.3, -0.25) is 15.2 Å². The van der Waals surface area contributed by atoms with Crippen LogP contribution in [-0.4, -0.2) is 21.7 Å². The van der Waals surface area contributed by atoms with Gasteiger partial charge in [-0.2, -0.15) is 5.10 Å². The standard InChI is InChI=1S/C14H18N4O2/c1-10-5-6-13(8-14(10)18(19)20)15-7-3-4-12-9-16-17-11(12)2/h5-6,8-9,15H,3-4,7H2,1-2H3,(H,16,17). The molecule has 0 amide bonds. The zero-order valence-corrected chi connectivity index (χ0v) is 11.6. The summed E-state index contributed by atoms with van der Waals surface area (Å²) < 4.78 is 0. The van der Waals surface area contributed by atoms with Crippen molar-refractivity contribution in [1.29, 1.82) is 0 Å². The number of benzene rings is 1. The van der Waals surface area contributed by atoms with E-state index in [4.69, 9.17) is 0 Å². The lowest BCUT2D eigenvalue weighted by Gasteiger charge is -2.07. The van der Waals surface area contributed by atoms with Crippen molar-refractivity contribution < 1.29 is 4.92 Å². The van der Waals surface area contributed by atoms with Crippen LogP contribution in [0, 0.1) is 24.0 Å². The Hall–Kier alpha value is -2.37. The number of nitro benzene ring substituents is 1. The third-order valence-electron chi connectivity index (χ3n) is 3.29. The Balaban J connectivity index is 1.87. The molecule has 6 heteroatoms. The van der Waals surface area contributed by atoms with Crippen molar-refractivity contribution in [3.8, 4) is 0 Å². The number of H-pyrrole nitrogens is 1. The topological polar surface area (TPSA) is 83.8 Å². The van der Waals surface area contributed by atoms with E-state index in [2.05, 4.69) is 15.5 Å². The summed E-state index contributed by atoms with van der Waals surface area (Å²) in [6.45, 7) is 4.51. The van der Waals surface area contributed by atoms with Gasteiger partial charge in [0.25, 0.3) is 5.69 Å². The van der Waals surface area contributed by atoms with Crippen molar-refractivity contribution in [2.75, 3.05) is 11.9 Å². The van der Waals surface area contributed by atoms with E-state index in [-0.39, 0.29) is 10.6 Å². The molecule has 0 fully saturated rings. The van der Waals surface area contributed by atoms with Crippen LogP contribution in [0.25, 0.3) is 0 Å². The van der Waals surface area contributed by atoms with Gasteiger partial charge in [-0.1, -0.05) is 6.07 Å². The number of nitro groups is 1. The molecule has 0 radical (unpaired) electrons. The summed E-state index contributed by atoms with van der Waals surface area (Å²) in [5, 5.41) is 21.0. The first kappa shape index (κ1) is 14.0. The minimum atomic E-state index is -0.352. The minimum Gasteiger partial charge on any atom is -0.385 e. The second-order valence-electron chi connectivity index (χ2n) is 4.81. The highest BCUT2D eigenvalue weighted by Gasteiger charge is 2.10. The highest BCUT2D eigenvalue weighted by Crippen LogP contribution is 2.22. The van der Waals surface area contributed by atoms with Gasteiger partial charge in [-0.25, -0.2) is 0 Å². The van der Waals surface area contributed by atoms with Crippen molar-refractivity contribution in [3.05, 3.63) is 51.3 Å². The van der Waals surface area contributed by atoms with Gasteiger partial charge in [0.2, 0.25) is 0 Å². The van der Waals surface area contributed by atoms with Crippen molar-refractivity contribution in [1.82, 2.24) is 10.2 Å². The monoisotopic (exact) mass is 274 g/mol. The summed E-state index contributed by atoms with van der Waals surface area (Å²) >= 11 is 0. The lowest BCUT2D eigenvalue weighted by Crippen LogP contribution is -2.04. The molecule has 0 bridgehead atoms. The van der Waals surface area contributed by atoms with Gasteiger partial charge in [-0.05, 0) is 38.3 Å². The maximum Gasteiger partial charge on any atom is 0.274 e. The number of nitrogens with zero attached hydrogens (tertiary/aromatic N) is 2. The summed E-state index contributed by atoms with van der Waals surface area (Å²) in [4.78, 5) is 10.5. The normalized spacial score (nSPS) is 10.5. The number of aryl methyl sites for hydroxylation is 3. The second kappa shape index (κ2) is 6.18. The summed E-state index contributed by atoms with van der Waals surface area (Å²) in [6, 6.07) is 5.21. The van der Waals surface area contributed by atoms with Gasteiger partial charge in [0.05, 0.1) is 11.1 Å². The van der Waals surface area contributed by atoms with Crippen molar-refractivity contribution >= 4 is 11.4 Å². The van der Waals surface area contributed by atoms with E-state index >= 15 is 0 Å². The maximum atomic E-state index is 10.9. The molecule has 0 atom stereocenters. The molecule has 1 heterocycles. The number of aromatic nitrogens is 2. The number of anilines is 1. The van der Waals surface area contributed by atoms with Gasteiger partial charge >= 0.3 is 0 Å². The van der Waals surface area contributed by atoms with E-state index in [1.54, 1.807) is 19.1 Å². The molecule has 0 spiro atoms. The summed E-state index contributed by atoms with van der Waals surface area (Å²) in [5.41, 5.74) is 3.92. The molecular weight excluding hydrogens is 256 g/mol. The Bertz CT molecular complexity index is 607. The van der Waals surface area contributed by atoms with E-state index in [0.717, 1.165) is 30.8 Å². The third kappa shape index (κ3) is 3.34. The predicted octanol–water partition coefficient (Wildman–Crippen LogP) is 2.98. The number of nitrogens with one attached hydrogen (secondary N) is 2. The number of aromatic amines is 1. The average Bonchev–Trinajstić information content (AvgIpc) is 2.82. The molecular formula is C14H18N4O2. The molecule has 2 aromatic rings. The molecule has 6 nitrogen and oxygen atoms in total. The molecule has 1 aromatic carbocycles. The highest BCUT2D eigenvalue weighted by molar-refractivity contribution is 5.54. The van der Waals surface area contributed by atoms with Crippen LogP contribution >= 0.6 is 0 Å². The molecule has 0 unspecified atom stereocenters. The van der Waals surface area contributed by atoms with Crippen LogP contribution < -0.4 is 5.32 Å². The van der Waals surface area contributed by atoms with Crippen molar-refractivity contribution in [3.63, 3.8) is 0 Å². The molecule has 2 N–H and O–H groups in total. The molecule has 0 aliphatic carbocycles. The molecule has 0 aliphatic heterocycles. The SMILES string of the molecule is Cc1ccc(NCCCc2cn[nH]c2C)cc1[N+](=O)[O-]. The van der Waals surface area contributed by atoms with Gasteiger partial charge in [0, 0.05) is 29.6 Å². The first-order valence-corrected chi connectivity index (χ1v) is 6.55. The quantitative estimate of drug-likeness (QED) is 0.482. The first-order chi connectivity index (χ1) is 9.58. The Morgan fingerprint density at radius 1 is 1.40 bits per heavy atom. The van der Waals surface area contributed by atoms with Crippen LogP contribution in [0.3, 0.4) is 0 Å². The fourth-order valence-electron chi connectivity index (χ4n) is 2.06. The van der Waals surface area contributed by atoms with Crippen LogP contribution in [0.2, 0.25) is 0 Å². The van der Waals surface area contributed by atoms with Gasteiger partial charge < -0.3 is 5.32 Å². The lowest BCUT2D eigenvalue weighted by atomic mass is 10.1. The number of hydrogen-bond donors (Lipinski definition) is 2. The number of hydrogen-bond acceptors (Lipinski definition) is 4. The zero-order chi connectivity index (χ0) is 14.5. The zero-order valence-electron chi connectivity index (χ0n) is 11.6. The van der Waals surface area contributed by atoms with Crippen molar-refractivity contribution in [2.24, 2.45) is 0 Å². The van der Waals surface area contributed by atoms with Crippen LogP contribution in [0.1, 0.15) is 23.2 Å². The summed E-state index contributed by atoms with van der Waals surface area (Å²) in [6.07, 6.45) is 3.72. The van der Waals surface area contributed by atoms with E-state index in [0.29, 0.717) is 5.56 Å². The van der Waals surface area contributed by atoms with Crippen LogP contribution in [-0.2, 0) is 6.42 Å². The van der Waals surface area contributed by atoms with E-state index < -0.39 is 0 Å². The third-order valence-corrected chi connectivity index (χ3v) is 3.29. The van der Waals surface area contributed by atoms with Crippen LogP contribution in [0.4, 0.5) is 11.4 Å². The van der Waals surface area contributed by atoms with Crippen LogP contribution in [0.15, 0.2) is 24.4 Å². The minimum absolute atomic E-state index is 0.153. The highest BCUT2D eigenvalue weighted by atomic mass is 16.6. The smallest absolute Gasteiger partial charge is 0.274 e. The molecule has 20 heavy (non-hydrogen) atoms. The maximum absolute atomic E-state index is 10.9. The van der Waals surface area contributed by atoms with Crippen LogP contribution in [0.5, 0.6) is 0 Å². The average molecular weight is 274 g/mol. The predicted molar refractivity (Wildman–Crippen MR) is 78.0 cm³/mol. The fraction of sp³-hybridized carbons (Fsp3) is 0.357. The first-order valence-electron chi connectivity index (χ1n) is 6.55. The molecule has 2 rings (SSSR count). The van der Waals surface area contributed by atoms with Crippen molar-refractivity contribution in [2.45, 2.75) is 26.7 Å². The molecule has 0 aliphatic rings. The Kier molecular flexibility index (Phi) is 4.34. The molecule has 106 valence electrons. The van der Waals surface area contributed by atoms with Gasteiger partial charge in [0.1, 0.15) is 0 Å². The number of rotatable bonds is 6. The molecule has 0 saturated carbocycles. The van der Waals surface area contributed by atoms with Gasteiger partial charge in [-0.15, -0.1) is 0 Å². The fourth-order valence-corrected chi connectivity index (χ4v) is 2.06. The Morgan fingerprint density at radius 2 is 2.20 bits per heavy atom. The second-order valence-corrected chi connectivity index (χ2v) is 4.81. The Labute approximate surface area is 117 Å². The van der Waals surface area contributed by atoms with Gasteiger partial charge in [0.15, 0.2) is 0 Å². The van der Waals surface area contributed by atoms with E-state index in [1.165, 1.54) is 5.56 Å².